The van der Waals surface area contributed by atoms with E-state index in [0.29, 0.717) is 12.4 Å². The van der Waals surface area contributed by atoms with Gasteiger partial charge < -0.3 is 14.3 Å². The summed E-state index contributed by atoms with van der Waals surface area (Å²) in [6.07, 6.45) is 3.92. The minimum absolute atomic E-state index is 0.0396. The highest BCUT2D eigenvalue weighted by Crippen LogP contribution is 2.32. The Morgan fingerprint density at radius 2 is 2.14 bits per heavy atom. The predicted molar refractivity (Wildman–Crippen MR) is 51.6 cm³/mol. The minimum atomic E-state index is -0.0396. The number of hydrogen-bond acceptors (Lipinski definition) is 3. The molecule has 2 rings (SSSR count). The Kier molecular flexibility index (Phi) is 3.22. The van der Waals surface area contributed by atoms with Gasteiger partial charge in [-0.1, -0.05) is 12.8 Å². The van der Waals surface area contributed by atoms with Gasteiger partial charge in [-0.25, -0.2) is 0 Å². The van der Waals surface area contributed by atoms with E-state index < -0.39 is 0 Å². The molecule has 1 heterocycles. The highest BCUT2D eigenvalue weighted by Gasteiger charge is 2.20. The maximum Gasteiger partial charge on any atom is 0.129 e. The minimum Gasteiger partial charge on any atom is -0.461 e. The van der Waals surface area contributed by atoms with Crippen molar-refractivity contribution in [2.24, 2.45) is 5.92 Å². The van der Waals surface area contributed by atoms with E-state index in [1.807, 2.05) is 6.07 Å². The third-order valence-corrected chi connectivity index (χ3v) is 2.48. The topological polar surface area (TPSA) is 42.6 Å². The Labute approximate surface area is 83.7 Å². The van der Waals surface area contributed by atoms with Gasteiger partial charge in [0.05, 0.1) is 0 Å². The van der Waals surface area contributed by atoms with Gasteiger partial charge >= 0.3 is 0 Å². The Balaban J connectivity index is 1.63. The fourth-order valence-electron chi connectivity index (χ4n) is 1.41. The van der Waals surface area contributed by atoms with Crippen LogP contribution in [0.3, 0.4) is 0 Å². The summed E-state index contributed by atoms with van der Waals surface area (Å²) in [7, 11) is 0. The summed E-state index contributed by atoms with van der Waals surface area (Å²) in [5.74, 6) is 2.32. The summed E-state index contributed by atoms with van der Waals surface area (Å²) in [4.78, 5) is 0. The van der Waals surface area contributed by atoms with Crippen molar-refractivity contribution in [2.45, 2.75) is 32.5 Å². The molecule has 1 aliphatic carbocycles. The standard InChI is InChI=1S/C11H16O3/c12-7-10-3-4-11(14-10)8-13-6-5-9-1-2-9/h3-4,9,12H,1-2,5-8H2. The molecule has 0 bridgehead atoms. The van der Waals surface area contributed by atoms with Crippen molar-refractivity contribution in [2.75, 3.05) is 6.61 Å². The largest absolute Gasteiger partial charge is 0.461 e. The lowest BCUT2D eigenvalue weighted by atomic mass is 10.3. The Hall–Kier alpha value is -0.800. The van der Waals surface area contributed by atoms with Gasteiger partial charge in [-0.15, -0.1) is 0 Å². The first-order valence-electron chi connectivity index (χ1n) is 5.14. The zero-order valence-electron chi connectivity index (χ0n) is 8.24. The van der Waals surface area contributed by atoms with Crippen LogP contribution >= 0.6 is 0 Å². The van der Waals surface area contributed by atoms with E-state index >= 15 is 0 Å². The number of furan rings is 1. The van der Waals surface area contributed by atoms with E-state index in [0.717, 1.165) is 18.3 Å². The van der Waals surface area contributed by atoms with Crippen LogP contribution in [0.25, 0.3) is 0 Å². The molecule has 0 radical (unpaired) electrons. The van der Waals surface area contributed by atoms with Crippen LogP contribution in [0.15, 0.2) is 16.5 Å². The maximum atomic E-state index is 8.77. The van der Waals surface area contributed by atoms with Crippen LogP contribution in [0.2, 0.25) is 0 Å². The first-order valence-corrected chi connectivity index (χ1v) is 5.14. The summed E-state index contributed by atoms with van der Waals surface area (Å²) < 4.78 is 10.7. The maximum absolute atomic E-state index is 8.77. The van der Waals surface area contributed by atoms with Gasteiger partial charge in [0.1, 0.15) is 24.7 Å². The lowest BCUT2D eigenvalue weighted by Crippen LogP contribution is -1.95. The summed E-state index contributed by atoms with van der Waals surface area (Å²) in [6, 6.07) is 3.63. The van der Waals surface area contributed by atoms with E-state index in [1.54, 1.807) is 6.07 Å². The van der Waals surface area contributed by atoms with Crippen molar-refractivity contribution in [3.63, 3.8) is 0 Å². The number of ether oxygens (including phenoxy) is 1. The molecule has 0 unspecified atom stereocenters. The SMILES string of the molecule is OCc1ccc(COCCC2CC2)o1. The average molecular weight is 196 g/mol. The smallest absolute Gasteiger partial charge is 0.129 e. The van der Waals surface area contributed by atoms with Crippen molar-refractivity contribution in [3.05, 3.63) is 23.7 Å². The molecule has 14 heavy (non-hydrogen) atoms. The number of aliphatic hydroxyl groups excluding tert-OH is 1. The van der Waals surface area contributed by atoms with Crippen molar-refractivity contribution in [1.82, 2.24) is 0 Å². The van der Waals surface area contributed by atoms with Crippen LogP contribution in [0.5, 0.6) is 0 Å². The van der Waals surface area contributed by atoms with Crippen LogP contribution in [-0.2, 0) is 18.0 Å². The van der Waals surface area contributed by atoms with Gasteiger partial charge in [-0.05, 0) is 24.5 Å². The van der Waals surface area contributed by atoms with Crippen molar-refractivity contribution in [1.29, 1.82) is 0 Å². The van der Waals surface area contributed by atoms with Crippen molar-refractivity contribution >= 4 is 0 Å². The van der Waals surface area contributed by atoms with Gasteiger partial charge in [0.15, 0.2) is 0 Å². The second-order valence-electron chi connectivity index (χ2n) is 3.81. The number of aliphatic hydroxyl groups is 1. The molecule has 1 aliphatic rings. The van der Waals surface area contributed by atoms with Gasteiger partial charge in [0, 0.05) is 6.61 Å². The normalized spacial score (nSPS) is 16.1. The number of rotatable bonds is 6. The van der Waals surface area contributed by atoms with Crippen LogP contribution < -0.4 is 0 Å². The van der Waals surface area contributed by atoms with E-state index in [2.05, 4.69) is 0 Å². The zero-order valence-corrected chi connectivity index (χ0v) is 8.24. The van der Waals surface area contributed by atoms with E-state index in [4.69, 9.17) is 14.3 Å². The summed E-state index contributed by atoms with van der Waals surface area (Å²) in [5, 5.41) is 8.77. The van der Waals surface area contributed by atoms with Crippen LogP contribution in [-0.4, -0.2) is 11.7 Å². The molecule has 0 amide bonds. The van der Waals surface area contributed by atoms with E-state index in [-0.39, 0.29) is 6.61 Å². The highest BCUT2D eigenvalue weighted by molar-refractivity contribution is 5.05. The highest BCUT2D eigenvalue weighted by atomic mass is 16.5. The molecule has 78 valence electrons. The summed E-state index contributed by atoms with van der Waals surface area (Å²) >= 11 is 0. The first kappa shape index (κ1) is 9.74. The second kappa shape index (κ2) is 4.62. The lowest BCUT2D eigenvalue weighted by molar-refractivity contribution is 0.0983. The fourth-order valence-corrected chi connectivity index (χ4v) is 1.41. The summed E-state index contributed by atoms with van der Waals surface area (Å²) in [5.41, 5.74) is 0. The van der Waals surface area contributed by atoms with Gasteiger partial charge in [-0.2, -0.15) is 0 Å². The Morgan fingerprint density at radius 3 is 2.79 bits per heavy atom. The van der Waals surface area contributed by atoms with Crippen LogP contribution in [0.4, 0.5) is 0 Å². The number of hydrogen-bond donors (Lipinski definition) is 1. The molecule has 0 atom stereocenters. The fraction of sp³-hybridized carbons (Fsp3) is 0.636. The molecule has 1 aromatic rings. The summed E-state index contributed by atoms with van der Waals surface area (Å²) in [6.45, 7) is 1.30. The molecule has 1 aromatic heterocycles. The quantitative estimate of drug-likeness (QED) is 0.708. The molecule has 0 aromatic carbocycles. The van der Waals surface area contributed by atoms with Crippen molar-refractivity contribution < 1.29 is 14.3 Å². The van der Waals surface area contributed by atoms with E-state index in [1.165, 1.54) is 19.3 Å². The molecule has 0 spiro atoms. The molecule has 0 aliphatic heterocycles. The van der Waals surface area contributed by atoms with E-state index in [9.17, 15) is 0 Å². The lowest BCUT2D eigenvalue weighted by Gasteiger charge is -2.00. The first-order chi connectivity index (χ1) is 6.88. The second-order valence-corrected chi connectivity index (χ2v) is 3.81. The molecular formula is C11H16O3. The zero-order chi connectivity index (χ0) is 9.80. The van der Waals surface area contributed by atoms with Gasteiger partial charge in [0.25, 0.3) is 0 Å². The van der Waals surface area contributed by atoms with Crippen LogP contribution in [0, 0.1) is 5.92 Å². The van der Waals surface area contributed by atoms with Crippen molar-refractivity contribution in [3.8, 4) is 0 Å². The molecule has 1 saturated carbocycles. The molecular weight excluding hydrogens is 180 g/mol. The predicted octanol–water partition coefficient (Wildman–Crippen LogP) is 2.09. The average Bonchev–Trinajstić information content (AvgIpc) is 2.91. The van der Waals surface area contributed by atoms with Gasteiger partial charge in [0.2, 0.25) is 0 Å². The monoisotopic (exact) mass is 196 g/mol. The Bertz CT molecular complexity index is 276. The molecule has 0 saturated heterocycles. The third-order valence-electron chi connectivity index (χ3n) is 2.48. The van der Waals surface area contributed by atoms with Crippen LogP contribution in [0.1, 0.15) is 30.8 Å². The third kappa shape index (κ3) is 2.86. The van der Waals surface area contributed by atoms with Gasteiger partial charge in [-0.3, -0.25) is 0 Å². The molecule has 1 fully saturated rings. The molecule has 3 heteroatoms. The molecule has 1 N–H and O–H groups in total. The Morgan fingerprint density at radius 1 is 1.36 bits per heavy atom. The molecule has 3 nitrogen and oxygen atoms in total.